The summed E-state index contributed by atoms with van der Waals surface area (Å²) in [5, 5.41) is 11.3. The Bertz CT molecular complexity index is 731. The van der Waals surface area contributed by atoms with Crippen molar-refractivity contribution in [2.45, 2.75) is 25.4 Å². The lowest BCUT2D eigenvalue weighted by Gasteiger charge is -2.13. The van der Waals surface area contributed by atoms with E-state index in [-0.39, 0.29) is 37.1 Å². The molecule has 0 aliphatic carbocycles. The first-order valence-electron chi connectivity index (χ1n) is 7.44. The number of hydrogen-bond donors (Lipinski definition) is 3. The van der Waals surface area contributed by atoms with E-state index in [2.05, 4.69) is 25.8 Å². The van der Waals surface area contributed by atoms with Crippen molar-refractivity contribution < 1.29 is 14.4 Å². The van der Waals surface area contributed by atoms with Crippen LogP contribution in [-0.2, 0) is 16.1 Å². The third-order valence-electron chi connectivity index (χ3n) is 3.62. The number of aromatic nitrogens is 3. The summed E-state index contributed by atoms with van der Waals surface area (Å²) in [5.41, 5.74) is 0.865. The Morgan fingerprint density at radius 1 is 1.25 bits per heavy atom. The zero-order valence-corrected chi connectivity index (χ0v) is 12.7. The number of carbonyl (C=O) groups excluding carboxylic acids is 3. The monoisotopic (exact) mass is 328 g/mol. The lowest BCUT2D eigenvalue weighted by molar-refractivity contribution is -0.128. The molecule has 0 spiro atoms. The second-order valence-electron chi connectivity index (χ2n) is 5.33. The molecule has 1 aliphatic rings. The van der Waals surface area contributed by atoms with E-state index in [4.69, 9.17) is 0 Å². The molecule has 2 aromatic rings. The van der Waals surface area contributed by atoms with E-state index in [9.17, 15) is 14.4 Å². The molecular weight excluding hydrogens is 312 g/mol. The molecule has 9 heteroatoms. The van der Waals surface area contributed by atoms with Crippen molar-refractivity contribution in [3.05, 3.63) is 42.2 Å². The highest BCUT2D eigenvalue weighted by Gasteiger charge is 2.37. The highest BCUT2D eigenvalue weighted by Crippen LogP contribution is 2.15. The first kappa shape index (κ1) is 15.7. The second-order valence-corrected chi connectivity index (χ2v) is 5.33. The molecule has 0 radical (unpaired) electrons. The summed E-state index contributed by atoms with van der Waals surface area (Å²) >= 11 is 0. The van der Waals surface area contributed by atoms with Gasteiger partial charge in [0.1, 0.15) is 12.4 Å². The summed E-state index contributed by atoms with van der Waals surface area (Å²) in [7, 11) is 0. The SMILES string of the molecule is O=C(CC[C@@H]1NC(=O)N(Cc2ccccc2)C1=O)Nc1ncn[nH]1. The molecule has 1 aliphatic heterocycles. The Balaban J connectivity index is 1.53. The third kappa shape index (κ3) is 3.57. The number of H-pyrrole nitrogens is 1. The minimum absolute atomic E-state index is 0.0799. The van der Waals surface area contributed by atoms with Crippen LogP contribution in [0.25, 0.3) is 0 Å². The first-order chi connectivity index (χ1) is 11.6. The summed E-state index contributed by atoms with van der Waals surface area (Å²) in [5.74, 6) is -0.390. The quantitative estimate of drug-likeness (QED) is 0.672. The molecular formula is C15H16N6O3. The molecule has 1 aromatic carbocycles. The minimum atomic E-state index is -0.693. The molecule has 1 fully saturated rings. The van der Waals surface area contributed by atoms with E-state index >= 15 is 0 Å². The standard InChI is InChI=1S/C15H16N6O3/c22-12(19-14-16-9-17-20-14)7-6-11-13(23)21(15(24)18-11)8-10-4-2-1-3-5-10/h1-5,9,11H,6-8H2,(H,18,24)(H2,16,17,19,20,22)/t11-/m0/s1. The van der Waals surface area contributed by atoms with Crippen LogP contribution < -0.4 is 10.6 Å². The van der Waals surface area contributed by atoms with E-state index in [1.165, 1.54) is 6.33 Å². The van der Waals surface area contributed by atoms with Gasteiger partial charge in [0.25, 0.3) is 5.91 Å². The zero-order chi connectivity index (χ0) is 16.9. The van der Waals surface area contributed by atoms with Crippen LogP contribution >= 0.6 is 0 Å². The minimum Gasteiger partial charge on any atom is -0.326 e. The van der Waals surface area contributed by atoms with Gasteiger partial charge in [-0.15, -0.1) is 0 Å². The van der Waals surface area contributed by atoms with Gasteiger partial charge in [-0.25, -0.2) is 9.89 Å². The van der Waals surface area contributed by atoms with Gasteiger partial charge in [0.2, 0.25) is 11.9 Å². The van der Waals surface area contributed by atoms with Crippen molar-refractivity contribution in [2.75, 3.05) is 5.32 Å². The summed E-state index contributed by atoms with van der Waals surface area (Å²) in [6.07, 6.45) is 1.57. The number of nitrogens with one attached hydrogen (secondary N) is 3. The van der Waals surface area contributed by atoms with Crippen molar-refractivity contribution in [1.82, 2.24) is 25.4 Å². The van der Waals surface area contributed by atoms with Gasteiger partial charge in [-0.1, -0.05) is 30.3 Å². The zero-order valence-electron chi connectivity index (χ0n) is 12.7. The van der Waals surface area contributed by atoms with Crippen molar-refractivity contribution >= 4 is 23.8 Å². The van der Waals surface area contributed by atoms with Crippen molar-refractivity contribution in [2.24, 2.45) is 0 Å². The Labute approximate surface area is 137 Å². The van der Waals surface area contributed by atoms with Gasteiger partial charge in [0.15, 0.2) is 0 Å². The van der Waals surface area contributed by atoms with Crippen LogP contribution in [0.1, 0.15) is 18.4 Å². The summed E-state index contributed by atoms with van der Waals surface area (Å²) in [4.78, 5) is 41.0. The number of imide groups is 1. The van der Waals surface area contributed by atoms with Gasteiger partial charge >= 0.3 is 6.03 Å². The number of amides is 4. The van der Waals surface area contributed by atoms with Crippen molar-refractivity contribution in [3.8, 4) is 0 Å². The third-order valence-corrected chi connectivity index (χ3v) is 3.62. The number of rotatable bonds is 6. The maximum atomic E-state index is 12.3. The van der Waals surface area contributed by atoms with Crippen LogP contribution in [-0.4, -0.2) is 44.0 Å². The average Bonchev–Trinajstić information content (AvgIpc) is 3.17. The van der Waals surface area contributed by atoms with Gasteiger partial charge < -0.3 is 5.32 Å². The van der Waals surface area contributed by atoms with E-state index in [0.29, 0.717) is 0 Å². The molecule has 0 saturated carbocycles. The van der Waals surface area contributed by atoms with Crippen LogP contribution in [0.15, 0.2) is 36.7 Å². The molecule has 1 aromatic heterocycles. The molecule has 1 saturated heterocycles. The fourth-order valence-electron chi connectivity index (χ4n) is 2.42. The maximum absolute atomic E-state index is 12.3. The fraction of sp³-hybridized carbons (Fsp3) is 0.267. The van der Waals surface area contributed by atoms with Crippen LogP contribution in [0, 0.1) is 0 Å². The van der Waals surface area contributed by atoms with Crippen LogP contribution in [0.3, 0.4) is 0 Å². The maximum Gasteiger partial charge on any atom is 0.325 e. The molecule has 2 heterocycles. The highest BCUT2D eigenvalue weighted by molar-refractivity contribution is 6.04. The molecule has 124 valence electrons. The van der Waals surface area contributed by atoms with Crippen LogP contribution in [0.4, 0.5) is 10.7 Å². The smallest absolute Gasteiger partial charge is 0.325 e. The summed E-state index contributed by atoms with van der Waals surface area (Å²) in [6, 6.07) is 8.12. The Morgan fingerprint density at radius 2 is 2.04 bits per heavy atom. The molecule has 4 amide bonds. The predicted molar refractivity (Wildman–Crippen MR) is 83.6 cm³/mol. The molecule has 24 heavy (non-hydrogen) atoms. The highest BCUT2D eigenvalue weighted by atomic mass is 16.2. The van der Waals surface area contributed by atoms with Gasteiger partial charge in [-0.05, 0) is 12.0 Å². The van der Waals surface area contributed by atoms with Gasteiger partial charge in [0, 0.05) is 6.42 Å². The van der Waals surface area contributed by atoms with Crippen LogP contribution in [0.2, 0.25) is 0 Å². The lowest BCUT2D eigenvalue weighted by atomic mass is 10.1. The van der Waals surface area contributed by atoms with Gasteiger partial charge in [-0.3, -0.25) is 19.8 Å². The number of benzene rings is 1. The topological polar surface area (TPSA) is 120 Å². The molecule has 1 atom stereocenters. The van der Waals surface area contributed by atoms with E-state index in [0.717, 1.165) is 10.5 Å². The Morgan fingerprint density at radius 3 is 2.75 bits per heavy atom. The number of carbonyl (C=O) groups is 3. The number of nitrogens with zero attached hydrogens (tertiary/aromatic N) is 3. The van der Waals surface area contributed by atoms with Crippen molar-refractivity contribution in [1.29, 1.82) is 0 Å². The molecule has 3 N–H and O–H groups in total. The summed E-state index contributed by atoms with van der Waals surface area (Å²) in [6.45, 7) is 0.215. The molecule has 0 unspecified atom stereocenters. The average molecular weight is 328 g/mol. The van der Waals surface area contributed by atoms with E-state index < -0.39 is 12.1 Å². The number of aromatic amines is 1. The molecule has 3 rings (SSSR count). The van der Waals surface area contributed by atoms with Gasteiger partial charge in [-0.2, -0.15) is 10.1 Å². The second kappa shape index (κ2) is 6.90. The number of urea groups is 1. The fourth-order valence-corrected chi connectivity index (χ4v) is 2.42. The predicted octanol–water partition coefficient (Wildman–Crippen LogP) is 0.644. The summed E-state index contributed by atoms with van der Waals surface area (Å²) < 4.78 is 0. The normalized spacial score (nSPS) is 17.0. The Kier molecular flexibility index (Phi) is 4.50. The molecule has 9 nitrogen and oxygen atoms in total. The van der Waals surface area contributed by atoms with Crippen LogP contribution in [0.5, 0.6) is 0 Å². The number of anilines is 1. The van der Waals surface area contributed by atoms with Gasteiger partial charge in [0.05, 0.1) is 6.54 Å². The van der Waals surface area contributed by atoms with E-state index in [1.807, 2.05) is 30.3 Å². The van der Waals surface area contributed by atoms with Crippen molar-refractivity contribution in [3.63, 3.8) is 0 Å². The largest absolute Gasteiger partial charge is 0.326 e. The number of hydrogen-bond acceptors (Lipinski definition) is 5. The lowest BCUT2D eigenvalue weighted by Crippen LogP contribution is -2.31. The first-order valence-corrected chi connectivity index (χ1v) is 7.44. The Hall–Kier alpha value is -3.23. The molecule has 0 bridgehead atoms. The van der Waals surface area contributed by atoms with E-state index in [1.54, 1.807) is 0 Å².